The van der Waals surface area contributed by atoms with E-state index in [2.05, 4.69) is 85.7 Å². The lowest BCUT2D eigenvalue weighted by Gasteiger charge is -2.15. The highest BCUT2D eigenvalue weighted by Gasteiger charge is 2.12. The van der Waals surface area contributed by atoms with Crippen LogP contribution < -0.4 is 0 Å². The molecule has 1 heterocycles. The van der Waals surface area contributed by atoms with Crippen molar-refractivity contribution in [1.29, 1.82) is 0 Å². The van der Waals surface area contributed by atoms with Gasteiger partial charge in [-0.3, -0.25) is 0 Å². The number of benzene rings is 3. The Morgan fingerprint density at radius 2 is 1.67 bits per heavy atom. The molecule has 0 N–H and O–H groups in total. The quantitative estimate of drug-likeness (QED) is 0.492. The molecule has 0 saturated carbocycles. The summed E-state index contributed by atoms with van der Waals surface area (Å²) in [5.41, 5.74) is 3.41. The Morgan fingerprint density at radius 3 is 2.46 bits per heavy atom. The van der Waals surface area contributed by atoms with Gasteiger partial charge in [-0.15, -0.1) is 11.3 Å². The third-order valence-electron chi connectivity index (χ3n) is 4.09. The summed E-state index contributed by atoms with van der Waals surface area (Å²) in [4.78, 5) is 7.10. The Labute approximate surface area is 145 Å². The minimum Gasteiger partial charge on any atom is -0.375 e. The second-order valence-electron chi connectivity index (χ2n) is 5.99. The van der Waals surface area contributed by atoms with E-state index in [0.29, 0.717) is 0 Å². The molecule has 4 aromatic rings. The van der Waals surface area contributed by atoms with Crippen molar-refractivity contribution in [3.63, 3.8) is 0 Å². The molecule has 0 unspecified atom stereocenters. The van der Waals surface area contributed by atoms with Crippen molar-refractivity contribution in [2.75, 3.05) is 14.1 Å². The first-order chi connectivity index (χ1) is 11.7. The molecule has 0 saturated heterocycles. The number of hydrogen-bond donors (Lipinski definition) is 0. The highest BCUT2D eigenvalue weighted by molar-refractivity contribution is 7.19. The van der Waals surface area contributed by atoms with E-state index in [1.807, 2.05) is 6.07 Å². The molecule has 1 aromatic heterocycles. The minimum absolute atomic E-state index is 1.05. The predicted octanol–water partition coefficient (Wildman–Crippen LogP) is 5.51. The van der Waals surface area contributed by atoms with Crippen LogP contribution in [-0.4, -0.2) is 24.0 Å². The van der Waals surface area contributed by atoms with Crippen LogP contribution in [0.1, 0.15) is 10.6 Å². The van der Waals surface area contributed by atoms with E-state index in [-0.39, 0.29) is 0 Å². The van der Waals surface area contributed by atoms with E-state index in [9.17, 15) is 0 Å². The third kappa shape index (κ3) is 2.68. The smallest absolute Gasteiger partial charge is 0.140 e. The molecule has 3 aromatic carbocycles. The maximum atomic E-state index is 4.97. The number of rotatable bonds is 3. The maximum absolute atomic E-state index is 4.97. The molecular formula is C21H18N2S. The average Bonchev–Trinajstić information content (AvgIpc) is 3.04. The minimum atomic E-state index is 1.05. The molecule has 0 aliphatic rings. The number of thiazole rings is 1. The predicted molar refractivity (Wildman–Crippen MR) is 105 cm³/mol. The fraction of sp³-hybridized carbons (Fsp3) is 0.0952. The van der Waals surface area contributed by atoms with Gasteiger partial charge < -0.3 is 4.90 Å². The maximum Gasteiger partial charge on any atom is 0.140 e. The Morgan fingerprint density at radius 1 is 0.917 bits per heavy atom. The fourth-order valence-corrected chi connectivity index (χ4v) is 3.94. The van der Waals surface area contributed by atoms with Gasteiger partial charge in [-0.05, 0) is 23.1 Å². The first-order valence-electron chi connectivity index (χ1n) is 7.95. The molecule has 0 fully saturated rings. The lowest BCUT2D eigenvalue weighted by atomic mass is 10.1. The molecule has 4 rings (SSSR count). The van der Waals surface area contributed by atoms with E-state index >= 15 is 0 Å². The first-order valence-corrected chi connectivity index (χ1v) is 8.77. The van der Waals surface area contributed by atoms with E-state index in [1.165, 1.54) is 21.0 Å². The van der Waals surface area contributed by atoms with Gasteiger partial charge in [0, 0.05) is 19.5 Å². The van der Waals surface area contributed by atoms with Crippen LogP contribution in [-0.2, 0) is 0 Å². The second-order valence-corrected chi connectivity index (χ2v) is 7.02. The van der Waals surface area contributed by atoms with E-state index in [4.69, 9.17) is 4.98 Å². The largest absolute Gasteiger partial charge is 0.375 e. The van der Waals surface area contributed by atoms with Gasteiger partial charge in [0.1, 0.15) is 5.01 Å². The average molecular weight is 330 g/mol. The van der Waals surface area contributed by atoms with Gasteiger partial charge in [-0.25, -0.2) is 4.98 Å². The topological polar surface area (TPSA) is 16.1 Å². The summed E-state index contributed by atoms with van der Waals surface area (Å²) in [6.45, 7) is 0. The molecule has 24 heavy (non-hydrogen) atoms. The molecule has 0 aliphatic heterocycles. The zero-order valence-electron chi connectivity index (χ0n) is 13.7. The van der Waals surface area contributed by atoms with Gasteiger partial charge in [0.15, 0.2) is 0 Å². The summed E-state index contributed by atoms with van der Waals surface area (Å²) in [7, 11) is 4.14. The van der Waals surface area contributed by atoms with Crippen molar-refractivity contribution in [3.05, 3.63) is 77.3 Å². The molecule has 2 nitrogen and oxygen atoms in total. The number of fused-ring (bicyclic) bond motifs is 3. The van der Waals surface area contributed by atoms with Gasteiger partial charge in [0.05, 0.1) is 15.9 Å². The van der Waals surface area contributed by atoms with Gasteiger partial charge in [-0.1, -0.05) is 60.7 Å². The van der Waals surface area contributed by atoms with E-state index in [0.717, 1.165) is 16.2 Å². The van der Waals surface area contributed by atoms with Gasteiger partial charge in [0.25, 0.3) is 0 Å². The van der Waals surface area contributed by atoms with Gasteiger partial charge in [0.2, 0.25) is 0 Å². The lowest BCUT2D eigenvalue weighted by molar-refractivity contribution is 0.594. The molecule has 0 bridgehead atoms. The fourth-order valence-electron chi connectivity index (χ4n) is 2.86. The van der Waals surface area contributed by atoms with Crippen LogP contribution in [0.15, 0.2) is 66.7 Å². The summed E-state index contributed by atoms with van der Waals surface area (Å²) in [6.07, 6.45) is 2.19. The van der Waals surface area contributed by atoms with Gasteiger partial charge in [-0.2, -0.15) is 0 Å². The Bertz CT molecular complexity index is 1030. The zero-order valence-corrected chi connectivity index (χ0v) is 14.5. The van der Waals surface area contributed by atoms with Crippen LogP contribution in [0, 0.1) is 0 Å². The van der Waals surface area contributed by atoms with Crippen molar-refractivity contribution >= 4 is 44.1 Å². The van der Waals surface area contributed by atoms with Crippen LogP contribution in [0.25, 0.3) is 32.8 Å². The number of nitrogens with zero attached hydrogens (tertiary/aromatic N) is 2. The third-order valence-corrected chi connectivity index (χ3v) is 5.13. The van der Waals surface area contributed by atoms with Crippen LogP contribution in [0.4, 0.5) is 0 Å². The summed E-state index contributed by atoms with van der Waals surface area (Å²) < 4.78 is 1.23. The monoisotopic (exact) mass is 330 g/mol. The summed E-state index contributed by atoms with van der Waals surface area (Å²) in [5.74, 6) is 0. The SMILES string of the molecule is CN(C)C(=Cc1ccccc1)c1nc2c(ccc3ccccc32)s1. The highest BCUT2D eigenvalue weighted by atomic mass is 32.1. The van der Waals surface area contributed by atoms with E-state index < -0.39 is 0 Å². The summed E-state index contributed by atoms with van der Waals surface area (Å²) >= 11 is 1.75. The van der Waals surface area contributed by atoms with Crippen LogP contribution in [0.2, 0.25) is 0 Å². The van der Waals surface area contributed by atoms with Crippen molar-refractivity contribution in [2.24, 2.45) is 0 Å². The summed E-state index contributed by atoms with van der Waals surface area (Å²) in [5, 5.41) is 3.51. The highest BCUT2D eigenvalue weighted by Crippen LogP contribution is 2.33. The van der Waals surface area contributed by atoms with Crippen LogP contribution in [0.5, 0.6) is 0 Å². The molecule has 118 valence electrons. The Balaban J connectivity index is 1.90. The van der Waals surface area contributed by atoms with E-state index in [1.54, 1.807) is 11.3 Å². The standard InChI is InChI=1S/C21H18N2S/c1-23(2)18(14-15-8-4-3-5-9-15)21-22-20-17-11-7-6-10-16(17)12-13-19(20)24-21/h3-14H,1-2H3. The molecule has 0 aliphatic carbocycles. The zero-order chi connectivity index (χ0) is 16.5. The first kappa shape index (κ1) is 14.9. The van der Waals surface area contributed by atoms with Crippen molar-refractivity contribution in [3.8, 4) is 0 Å². The molecular weight excluding hydrogens is 312 g/mol. The van der Waals surface area contributed by atoms with Crippen molar-refractivity contribution in [1.82, 2.24) is 9.88 Å². The van der Waals surface area contributed by atoms with Crippen LogP contribution in [0.3, 0.4) is 0 Å². The molecule has 0 spiro atoms. The Hall–Kier alpha value is -2.65. The van der Waals surface area contributed by atoms with Crippen molar-refractivity contribution < 1.29 is 0 Å². The number of aromatic nitrogens is 1. The molecule has 0 atom stereocenters. The second kappa shape index (κ2) is 6.10. The molecule has 3 heteroatoms. The number of hydrogen-bond acceptors (Lipinski definition) is 3. The van der Waals surface area contributed by atoms with Crippen molar-refractivity contribution in [2.45, 2.75) is 0 Å². The lowest BCUT2D eigenvalue weighted by Crippen LogP contribution is -2.09. The van der Waals surface area contributed by atoms with Gasteiger partial charge >= 0.3 is 0 Å². The summed E-state index contributed by atoms with van der Waals surface area (Å²) in [6, 6.07) is 23.2. The Kier molecular flexibility index (Phi) is 3.79. The molecule has 0 radical (unpaired) electrons. The molecule has 0 amide bonds. The normalized spacial score (nSPS) is 12.0. The van der Waals surface area contributed by atoms with Crippen LogP contribution >= 0.6 is 11.3 Å².